The summed E-state index contributed by atoms with van der Waals surface area (Å²) >= 11 is 0. The van der Waals surface area contributed by atoms with Gasteiger partial charge in [-0.2, -0.15) is 0 Å². The number of nitrogens with two attached hydrogens (primary N) is 2. The number of phenolic OH excluding ortho intramolecular Hbond substituents is 2. The van der Waals surface area contributed by atoms with Crippen LogP contribution in [0, 0.1) is 12.3 Å². The zero-order valence-electron chi connectivity index (χ0n) is 86.7. The molecule has 0 radical (unpaired) electrons. The van der Waals surface area contributed by atoms with Crippen molar-refractivity contribution < 1.29 is 107 Å². The van der Waals surface area contributed by atoms with Crippen molar-refractivity contribution in [3.8, 4) is 17.2 Å². The number of likely N-dealkylation sites (tertiary alicyclic amines) is 1. The number of fused-ring (bicyclic) bond motifs is 2. The van der Waals surface area contributed by atoms with Gasteiger partial charge >= 0.3 is 5.97 Å². The van der Waals surface area contributed by atoms with Gasteiger partial charge in [-0.05, 0) is 184 Å². The number of carboxylic acid groups (broad SMARTS) is 1. The number of aliphatic carboxylic acids is 1. The molecule has 36 heteroatoms. The maximum atomic E-state index is 12.9. The molecule has 6 heterocycles. The summed E-state index contributed by atoms with van der Waals surface area (Å²) in [5, 5.41) is 96.4. The molecule has 1 aliphatic carbocycles. The van der Waals surface area contributed by atoms with Crippen molar-refractivity contribution >= 4 is 92.6 Å². The fourth-order valence-electron chi connectivity index (χ4n) is 18.1. The molecule has 3 saturated heterocycles. The Kier molecular flexibility index (Phi) is 51.0. The minimum atomic E-state index is -1.68. The van der Waals surface area contributed by atoms with Gasteiger partial charge in [0, 0.05) is 107 Å². The highest BCUT2D eigenvalue weighted by atomic mass is 16.6. The van der Waals surface area contributed by atoms with Gasteiger partial charge in [-0.15, -0.1) is 0 Å². The summed E-state index contributed by atoms with van der Waals surface area (Å²) < 4.78 is 17.8. The average molecular weight is 2020 g/mol. The second-order valence-corrected chi connectivity index (χ2v) is 38.6. The third-order valence-corrected chi connectivity index (χ3v) is 26.6. The van der Waals surface area contributed by atoms with E-state index in [4.69, 9.17) is 25.4 Å². The molecule has 4 aliphatic rings. The third kappa shape index (κ3) is 38.1. The Morgan fingerprint density at radius 1 is 0.717 bits per heavy atom. The molecule has 36 nitrogen and oxygen atoms in total. The zero-order valence-corrected chi connectivity index (χ0v) is 86.7. The van der Waals surface area contributed by atoms with Gasteiger partial charge in [-0.3, -0.25) is 67.8 Å². The molecule has 10 rings (SSSR count). The van der Waals surface area contributed by atoms with Gasteiger partial charge in [0.15, 0.2) is 11.7 Å². The molecule has 2 unspecified atom stereocenters. The van der Waals surface area contributed by atoms with Gasteiger partial charge in [-0.1, -0.05) is 189 Å². The Bertz CT molecular complexity index is 5600. The molecule has 3 aromatic carbocycles. The predicted octanol–water partition coefficient (Wildman–Crippen LogP) is 11.7. The first kappa shape index (κ1) is 121. The number of pyridine rings is 2. The number of amides is 10. The SMILES string of the molecule is CC1=C(/C=C/C(C)=C/C=C/C(C)=C/C(N)=O)C(C)(C)CCC1.CCC1(c2ccncc2)CCC(=O)NC1=O.CCCCCCCCCCCCCCCCCC(=O)NCCCC[C@H](NC(=O)CC[C@@H](NC(=O)[C@H](C)NC(=O)[C@@H](C)O[C@H]1C(O)[C@@H](CO)O[C@@H](O)[C@@H]1NC(C)=O)C(N)=O)C(=O)O.CN(C(=O)c1c(O)c2ccccc2n(C)c1=O)c1ccccc1.Cc1cc(=O)c2c(O)cc(O)c([C@H]3CCN(C)C[C@H]3O)c2o1. The lowest BCUT2D eigenvalue weighted by atomic mass is 9.72. The van der Waals surface area contributed by atoms with Crippen LogP contribution in [0.2, 0.25) is 0 Å². The van der Waals surface area contributed by atoms with Crippen LogP contribution in [0.15, 0.2) is 164 Å². The van der Waals surface area contributed by atoms with Gasteiger partial charge in [-0.25, -0.2) is 4.79 Å². The van der Waals surface area contributed by atoms with Crippen molar-refractivity contribution in [3.63, 3.8) is 0 Å². The van der Waals surface area contributed by atoms with E-state index in [9.17, 15) is 103 Å². The number of aryl methyl sites for hydroxylation is 2. The first-order valence-corrected chi connectivity index (χ1v) is 50.5. The number of carbonyl (C=O) groups is 11. The van der Waals surface area contributed by atoms with Gasteiger partial charge in [0.1, 0.15) is 88.1 Å². The standard InChI is InChI=1S/C43H78N6O13.C20H29NO.C18H16N2O3.C16H19NO5.C12H14N2O2/c1-5-6-7-8-9-10-11-12-13-14-15-16-17-18-19-23-34(52)45-26-21-20-22-32(42(58)59)48-35(53)25-24-31(39(44)55)49-40(56)28(2)46-41(57)29(3)61-38-36(47-30(4)51)43(60)62-33(27-50)37(38)54;1-15(8-6-9-16(2)14-19(21)22)11-12-18-17(3)10-7-13-20(18,4)5;1-19(12-8-4-3-5-9-12)17(22)15-16(21)13-10-6-7-11-14(13)20(2)18(15)23;1-8-5-10(18)15-12(20)6-11(19)14(16(15)22-8)9-3-4-17(2)7-13(9)21;1-2-12(9-4-7-13-8-5-9)6-3-10(15)14-11(12)16/h28-29,31-33,36-38,43,50,54,60H,5-27H2,1-4H3,(H2,44,55)(H,45,52)(H,46,57)(H,47,51)(H,48,53)(H,49,56)(H,58,59);6,8-9,11-12,14H,7,10,13H2,1-5H3,(H2,21,22);3-11,21H,1-2H3;5-6,9,13,19-21H,3-4,7H2,1-2H3;4-5,7-8H,2-3,6H2,1H3,(H,14,15,16)/b;9-6+,12-11+,15-8+,16-14+;;;/t28-,29+,31+,32-,33+,36+,37?,38+,43+;;;9-,13+;/m0..0./s1. The van der Waals surface area contributed by atoms with Crippen molar-refractivity contribution in [2.75, 3.05) is 45.2 Å². The van der Waals surface area contributed by atoms with E-state index in [1.807, 2.05) is 62.2 Å². The number of nitrogens with zero attached hydrogens (tertiary/aromatic N) is 4. The molecule has 6 aromatic rings. The lowest BCUT2D eigenvalue weighted by Crippen LogP contribution is -2.65. The van der Waals surface area contributed by atoms with Crippen molar-refractivity contribution in [2.45, 2.75) is 328 Å². The molecule has 3 aromatic heterocycles. The zero-order chi connectivity index (χ0) is 107. The molecule has 145 heavy (non-hydrogen) atoms. The van der Waals surface area contributed by atoms with Crippen molar-refractivity contribution in [1.29, 1.82) is 0 Å². The topological polar surface area (TPSA) is 564 Å². The van der Waals surface area contributed by atoms with Crippen LogP contribution < -0.4 is 59.3 Å². The lowest BCUT2D eigenvalue weighted by molar-refractivity contribution is -0.266. The van der Waals surface area contributed by atoms with Crippen LogP contribution in [0.3, 0.4) is 0 Å². The number of unbranched alkanes of at least 4 members (excludes halogenated alkanes) is 15. The Labute approximate surface area is 849 Å². The monoisotopic (exact) mass is 2020 g/mol. The number of para-hydroxylation sites is 2. The van der Waals surface area contributed by atoms with E-state index in [1.54, 1.807) is 81.9 Å². The van der Waals surface area contributed by atoms with Gasteiger partial charge < -0.3 is 107 Å². The van der Waals surface area contributed by atoms with Gasteiger partial charge in [0.2, 0.25) is 53.2 Å². The fourth-order valence-corrected chi connectivity index (χ4v) is 18.1. The summed E-state index contributed by atoms with van der Waals surface area (Å²) in [6, 6.07) is 16.9. The first-order chi connectivity index (χ1) is 68.8. The number of likely N-dealkylation sites (N-methyl/N-ethyl adjacent to an activating group) is 1. The highest BCUT2D eigenvalue weighted by Crippen LogP contribution is 2.44. The smallest absolute Gasteiger partial charge is 0.326 e. The highest BCUT2D eigenvalue weighted by molar-refractivity contribution is 6.10. The molecular formula is C109H156N12O24. The molecule has 796 valence electrons. The number of aliphatic hydroxyl groups is 4. The minimum Gasteiger partial charge on any atom is -0.507 e. The van der Waals surface area contributed by atoms with Crippen LogP contribution in [0.25, 0.3) is 21.9 Å². The van der Waals surface area contributed by atoms with E-state index in [-0.39, 0.29) is 87.5 Å². The number of anilines is 1. The largest absolute Gasteiger partial charge is 0.507 e. The summed E-state index contributed by atoms with van der Waals surface area (Å²) in [7, 11) is 5.08. The van der Waals surface area contributed by atoms with Crippen LogP contribution in [0.1, 0.15) is 282 Å². The summed E-state index contributed by atoms with van der Waals surface area (Å²) in [6.45, 7) is 21.3. The minimum absolute atomic E-state index is 0.0393. The average Bonchev–Trinajstić information content (AvgIpc) is 0.755. The summed E-state index contributed by atoms with van der Waals surface area (Å²) in [5.74, 6) is -7.27. The first-order valence-electron chi connectivity index (χ1n) is 50.5. The summed E-state index contributed by atoms with van der Waals surface area (Å²) in [6.07, 6.45) is 32.8. The number of aromatic hydroxyl groups is 3. The van der Waals surface area contributed by atoms with E-state index in [1.165, 1.54) is 148 Å². The lowest BCUT2D eigenvalue weighted by Gasteiger charge is -2.43. The fraction of sp³-hybridized carbons (Fsp3) is 0.541. The number of aliphatic hydroxyl groups excluding tert-OH is 4. The molecule has 3 fully saturated rings. The maximum absolute atomic E-state index is 12.9. The molecule has 0 bridgehead atoms. The maximum Gasteiger partial charge on any atom is 0.326 e. The van der Waals surface area contributed by atoms with E-state index in [0.717, 1.165) is 49.9 Å². The molecule has 10 amide bonds. The number of primary amides is 2. The molecule has 12 atom stereocenters. The Morgan fingerprint density at radius 2 is 1.34 bits per heavy atom. The normalized spacial score (nSPS) is 19.8. The van der Waals surface area contributed by atoms with E-state index in [2.05, 4.69) is 83.7 Å². The number of aromatic nitrogens is 2. The number of β-amino-alcohol motifs (C(OH)–C–C–N with tert-alkyl or cyclic N) is 1. The molecular weight excluding hydrogens is 1860 g/mol. The van der Waals surface area contributed by atoms with Crippen LogP contribution in [0.4, 0.5) is 5.69 Å². The number of hydrogen-bond acceptors (Lipinski definition) is 25. The quantitative estimate of drug-likeness (QED) is 0.00731. The number of hydrogen-bond donors (Lipinski definition) is 16. The Balaban J connectivity index is 0.000000312. The molecule has 0 saturated carbocycles. The predicted molar refractivity (Wildman–Crippen MR) is 555 cm³/mol. The highest BCUT2D eigenvalue weighted by Gasteiger charge is 2.48. The number of allylic oxidation sites excluding steroid dienone is 9. The second kappa shape index (κ2) is 61.0. The number of carbonyl (C=O) groups excluding carboxylic acids is 10. The Hall–Kier alpha value is -12.6. The number of ether oxygens (including phenoxy) is 2. The van der Waals surface area contributed by atoms with E-state index >= 15 is 0 Å². The van der Waals surface area contributed by atoms with Crippen molar-refractivity contribution in [2.24, 2.45) is 23.9 Å². The second-order valence-electron chi connectivity index (χ2n) is 38.6. The number of phenols is 2. The van der Waals surface area contributed by atoms with Gasteiger partial charge in [0.25, 0.3) is 11.5 Å². The van der Waals surface area contributed by atoms with Crippen LogP contribution in [-0.4, -0.2) is 222 Å². The van der Waals surface area contributed by atoms with Crippen molar-refractivity contribution in [3.05, 3.63) is 193 Å². The summed E-state index contributed by atoms with van der Waals surface area (Å²) in [4.78, 5) is 165. The number of rotatable bonds is 45. The Morgan fingerprint density at radius 3 is 1.93 bits per heavy atom. The summed E-state index contributed by atoms with van der Waals surface area (Å²) in [5.41, 5.74) is 16.9. The number of imide groups is 1. The van der Waals surface area contributed by atoms with Gasteiger partial charge in [0.05, 0.1) is 23.6 Å². The number of nitrogens with one attached hydrogen (secondary N) is 6. The van der Waals surface area contributed by atoms with E-state index < -0.39 is 126 Å². The molecule has 0 spiro atoms. The molecule has 18 N–H and O–H groups in total. The van der Waals surface area contributed by atoms with Crippen molar-refractivity contribution in [1.82, 2.24) is 46.4 Å². The van der Waals surface area contributed by atoms with Crippen LogP contribution >= 0.6 is 0 Å². The van der Waals surface area contributed by atoms with Crippen LogP contribution in [0.5, 0.6) is 17.2 Å². The number of benzene rings is 3. The molecule has 3 aliphatic heterocycles. The number of carboxylic acids is 1. The van der Waals surface area contributed by atoms with Crippen LogP contribution in [-0.2, 0) is 69.9 Å². The number of piperidine rings is 2. The third-order valence-electron chi connectivity index (χ3n) is 26.6. The van der Waals surface area contributed by atoms with E-state index in [0.29, 0.717) is 85.9 Å².